The van der Waals surface area contributed by atoms with Gasteiger partial charge in [-0.15, -0.1) is 0 Å². The van der Waals surface area contributed by atoms with Crippen LogP contribution in [-0.2, 0) is 35.4 Å². The van der Waals surface area contributed by atoms with Crippen LogP contribution in [0, 0.1) is 5.92 Å². The highest BCUT2D eigenvalue weighted by Crippen LogP contribution is 2.37. The summed E-state index contributed by atoms with van der Waals surface area (Å²) >= 11 is 0. The first kappa shape index (κ1) is 22.2. The van der Waals surface area contributed by atoms with Crippen LogP contribution in [0.25, 0.3) is 0 Å². The largest absolute Gasteiger partial charge is 0.459 e. The molecule has 156 valence electrons. The molecule has 1 aromatic carbocycles. The van der Waals surface area contributed by atoms with E-state index in [4.69, 9.17) is 13.7 Å². The lowest BCUT2D eigenvalue weighted by Gasteiger charge is -2.34. The lowest BCUT2D eigenvalue weighted by Crippen LogP contribution is -2.58. The molecule has 1 aliphatic heterocycles. The van der Waals surface area contributed by atoms with E-state index in [-0.39, 0.29) is 18.9 Å². The van der Waals surface area contributed by atoms with E-state index in [0.29, 0.717) is 4.31 Å². The van der Waals surface area contributed by atoms with E-state index in [1.165, 1.54) is 0 Å². The number of hydrogen-bond donors (Lipinski definition) is 0. The molecule has 9 heteroatoms. The number of nitrogens with zero attached hydrogens (tertiary/aromatic N) is 1. The summed E-state index contributed by atoms with van der Waals surface area (Å²) in [5.74, 6) is -0.969. The molecule has 1 atom stereocenters. The lowest BCUT2D eigenvalue weighted by atomic mass is 9.89. The Hall–Kier alpha value is -2.13. The van der Waals surface area contributed by atoms with E-state index < -0.39 is 40.1 Å². The molecule has 1 aliphatic rings. The van der Waals surface area contributed by atoms with Crippen LogP contribution in [0.4, 0.5) is 4.79 Å². The van der Waals surface area contributed by atoms with Gasteiger partial charge in [-0.05, 0) is 38.7 Å². The topological polar surface area (TPSA) is 99.2 Å². The van der Waals surface area contributed by atoms with Crippen LogP contribution in [0.15, 0.2) is 30.3 Å². The first-order valence-electron chi connectivity index (χ1n) is 9.01. The minimum Gasteiger partial charge on any atom is -0.459 e. The number of benzene rings is 1. The fraction of sp³-hybridized carbons (Fsp3) is 0.579. The maximum Gasteiger partial charge on any atom is 0.427 e. The van der Waals surface area contributed by atoms with Crippen molar-refractivity contribution >= 4 is 22.4 Å². The lowest BCUT2D eigenvalue weighted by molar-refractivity contribution is -0.157. The summed E-state index contributed by atoms with van der Waals surface area (Å²) in [4.78, 5) is 25.7. The van der Waals surface area contributed by atoms with Gasteiger partial charge in [-0.1, -0.05) is 44.2 Å². The second-order valence-electron chi connectivity index (χ2n) is 8.16. The predicted molar refractivity (Wildman–Crippen MR) is 101 cm³/mol. The summed E-state index contributed by atoms with van der Waals surface area (Å²) in [6.45, 7) is 7.86. The molecular weight excluding hydrogens is 386 g/mol. The Bertz CT molecular complexity index is 814. The highest BCUT2D eigenvalue weighted by atomic mass is 32.2. The molecule has 0 spiro atoms. The first-order chi connectivity index (χ1) is 12.9. The Labute approximate surface area is 166 Å². The second kappa shape index (κ2) is 8.08. The molecule has 0 saturated carbocycles. The summed E-state index contributed by atoms with van der Waals surface area (Å²) in [7, 11) is -4.48. The summed E-state index contributed by atoms with van der Waals surface area (Å²) in [6.07, 6.45) is -1.12. The van der Waals surface area contributed by atoms with Gasteiger partial charge in [-0.3, -0.25) is 4.18 Å². The average molecular weight is 413 g/mol. The van der Waals surface area contributed by atoms with E-state index in [1.807, 2.05) is 19.9 Å². The minimum atomic E-state index is -4.48. The van der Waals surface area contributed by atoms with Crippen LogP contribution in [0.5, 0.6) is 0 Å². The van der Waals surface area contributed by atoms with Gasteiger partial charge in [0, 0.05) is 0 Å². The molecule has 0 aliphatic carbocycles. The molecule has 1 saturated heterocycles. The number of esters is 1. The molecule has 8 nitrogen and oxygen atoms in total. The van der Waals surface area contributed by atoms with E-state index in [1.54, 1.807) is 45.0 Å². The van der Waals surface area contributed by atoms with Gasteiger partial charge in [-0.25, -0.2) is 9.59 Å². The van der Waals surface area contributed by atoms with Gasteiger partial charge < -0.3 is 9.47 Å². The zero-order valence-corrected chi connectivity index (χ0v) is 17.6. The highest BCUT2D eigenvalue weighted by molar-refractivity contribution is 7.85. The molecule has 0 aromatic heterocycles. The molecule has 0 N–H and O–H groups in total. The Morgan fingerprint density at radius 2 is 1.82 bits per heavy atom. The van der Waals surface area contributed by atoms with E-state index >= 15 is 0 Å². The van der Waals surface area contributed by atoms with Crippen molar-refractivity contribution in [2.45, 2.75) is 58.8 Å². The third-order valence-electron chi connectivity index (χ3n) is 3.96. The van der Waals surface area contributed by atoms with Crippen molar-refractivity contribution in [2.24, 2.45) is 5.92 Å². The summed E-state index contributed by atoms with van der Waals surface area (Å²) in [5.41, 5.74) is -2.03. The van der Waals surface area contributed by atoms with Crippen molar-refractivity contribution in [1.29, 1.82) is 0 Å². The fourth-order valence-corrected chi connectivity index (χ4v) is 4.27. The van der Waals surface area contributed by atoms with Crippen molar-refractivity contribution in [3.8, 4) is 0 Å². The van der Waals surface area contributed by atoms with E-state index in [9.17, 15) is 18.0 Å². The third-order valence-corrected chi connectivity index (χ3v) is 5.32. The Morgan fingerprint density at radius 1 is 1.21 bits per heavy atom. The van der Waals surface area contributed by atoms with E-state index in [0.717, 1.165) is 5.56 Å². The highest BCUT2D eigenvalue weighted by Gasteiger charge is 2.61. The maximum atomic E-state index is 13.0. The molecule has 0 bridgehead atoms. The molecule has 28 heavy (non-hydrogen) atoms. The Morgan fingerprint density at radius 3 is 2.36 bits per heavy atom. The fourth-order valence-electron chi connectivity index (χ4n) is 2.97. The maximum absolute atomic E-state index is 13.0. The Kier molecular flexibility index (Phi) is 6.40. The van der Waals surface area contributed by atoms with Gasteiger partial charge in [-0.2, -0.15) is 12.7 Å². The zero-order valence-electron chi connectivity index (χ0n) is 16.8. The summed E-state index contributed by atoms with van der Waals surface area (Å²) in [6, 6.07) is 8.96. The third kappa shape index (κ3) is 5.02. The molecular formula is C19H27NO7S. The smallest absolute Gasteiger partial charge is 0.427 e. The van der Waals surface area contributed by atoms with Gasteiger partial charge in [0.25, 0.3) is 0 Å². The number of rotatable bonds is 5. The van der Waals surface area contributed by atoms with Crippen molar-refractivity contribution in [3.05, 3.63) is 35.9 Å². The molecule has 2 rings (SSSR count). The number of carbonyl (C=O) groups is 2. The number of ether oxygens (including phenoxy) is 2. The van der Waals surface area contributed by atoms with Crippen LogP contribution in [0.3, 0.4) is 0 Å². The standard InChI is InChI=1S/C19H27NO7S/c1-14(2)11-19(16(21)25-12-15-9-7-6-8-10-15)13-26-28(23,24)20(19)17(22)27-18(3,4)5/h6-10,14H,11-13H2,1-5H3. The van der Waals surface area contributed by atoms with Gasteiger partial charge in [0.1, 0.15) is 18.8 Å². The van der Waals surface area contributed by atoms with Crippen LogP contribution in [0.2, 0.25) is 0 Å². The van der Waals surface area contributed by atoms with Crippen LogP contribution < -0.4 is 0 Å². The molecule has 1 unspecified atom stereocenters. The zero-order chi connectivity index (χ0) is 21.2. The normalized spacial score (nSPS) is 21.6. The Balaban J connectivity index is 2.37. The van der Waals surface area contributed by atoms with Gasteiger partial charge in [0.05, 0.1) is 0 Å². The predicted octanol–water partition coefficient (Wildman–Crippen LogP) is 3.03. The molecule has 0 radical (unpaired) electrons. The minimum absolute atomic E-state index is 0.0408. The van der Waals surface area contributed by atoms with Crippen molar-refractivity contribution in [2.75, 3.05) is 6.61 Å². The first-order valence-corrected chi connectivity index (χ1v) is 10.4. The van der Waals surface area contributed by atoms with Gasteiger partial charge in [0.15, 0.2) is 5.54 Å². The number of carbonyl (C=O) groups excluding carboxylic acids is 2. The van der Waals surface area contributed by atoms with Crippen LogP contribution >= 0.6 is 0 Å². The van der Waals surface area contributed by atoms with E-state index in [2.05, 4.69) is 0 Å². The van der Waals surface area contributed by atoms with Crippen LogP contribution in [-0.4, -0.2) is 42.5 Å². The molecule has 1 fully saturated rings. The summed E-state index contributed by atoms with van der Waals surface area (Å²) < 4.78 is 40.8. The van der Waals surface area contributed by atoms with Crippen molar-refractivity contribution < 1.29 is 31.7 Å². The van der Waals surface area contributed by atoms with Crippen molar-refractivity contribution in [1.82, 2.24) is 4.31 Å². The van der Waals surface area contributed by atoms with Gasteiger partial charge in [0.2, 0.25) is 0 Å². The molecule has 1 amide bonds. The SMILES string of the molecule is CC(C)CC1(C(=O)OCc2ccccc2)COS(=O)(=O)N1C(=O)OC(C)(C)C. The number of hydrogen-bond acceptors (Lipinski definition) is 7. The molecule has 1 aromatic rings. The average Bonchev–Trinajstić information content (AvgIpc) is 2.83. The summed E-state index contributed by atoms with van der Waals surface area (Å²) in [5, 5.41) is 0. The second-order valence-corrected chi connectivity index (χ2v) is 9.61. The quantitative estimate of drug-likeness (QED) is 0.684. The number of amides is 1. The van der Waals surface area contributed by atoms with Crippen molar-refractivity contribution in [3.63, 3.8) is 0 Å². The van der Waals surface area contributed by atoms with Crippen LogP contribution in [0.1, 0.15) is 46.6 Å². The van der Waals surface area contributed by atoms with Gasteiger partial charge >= 0.3 is 22.4 Å². The monoisotopic (exact) mass is 413 g/mol. The molecule has 1 heterocycles.